The highest BCUT2D eigenvalue weighted by molar-refractivity contribution is 14.0. The number of aliphatic imine (C=N–C) groups is 1. The normalized spacial score (nSPS) is 28.9. The predicted octanol–water partition coefficient (Wildman–Crippen LogP) is 3.95. The van der Waals surface area contributed by atoms with Crippen molar-refractivity contribution in [3.63, 3.8) is 0 Å². The number of likely N-dealkylation sites (tertiary alicyclic amines) is 1. The molecule has 2 aliphatic heterocycles. The number of benzene rings is 1. The Kier molecular flexibility index (Phi) is 8.07. The molecule has 0 amide bonds. The predicted molar refractivity (Wildman–Crippen MR) is 135 cm³/mol. The molecule has 0 bridgehead atoms. The van der Waals surface area contributed by atoms with Gasteiger partial charge < -0.3 is 15.4 Å². The second kappa shape index (κ2) is 10.2. The third kappa shape index (κ3) is 4.96. The molecule has 0 radical (unpaired) electrons. The van der Waals surface area contributed by atoms with Crippen LogP contribution in [0.25, 0.3) is 0 Å². The van der Waals surface area contributed by atoms with E-state index >= 15 is 0 Å². The highest BCUT2D eigenvalue weighted by atomic mass is 127. The topological polar surface area (TPSA) is 48.9 Å². The summed E-state index contributed by atoms with van der Waals surface area (Å²) < 4.78 is 5.95. The number of hydrogen-bond donors (Lipinski definition) is 2. The number of guanidine groups is 1. The molecule has 30 heavy (non-hydrogen) atoms. The quantitative estimate of drug-likeness (QED) is 0.347. The molecule has 2 heterocycles. The van der Waals surface area contributed by atoms with E-state index < -0.39 is 0 Å². The van der Waals surface area contributed by atoms with Crippen LogP contribution in [0.5, 0.6) is 0 Å². The first-order chi connectivity index (χ1) is 14.0. The zero-order chi connectivity index (χ0) is 20.4. The number of piperidine rings is 1. The summed E-state index contributed by atoms with van der Waals surface area (Å²) in [5.41, 5.74) is 3.02. The van der Waals surface area contributed by atoms with E-state index in [2.05, 4.69) is 67.5 Å². The molecule has 2 N–H and O–H groups in total. The standard InChI is InChI=1S/C24H38N4O.HI/c1-5-25-23(27-21-20-12-15-29-22(20)24(21,3)4)26-19-10-13-28(14-11-19)16-18-9-7-6-8-17(18)2;/h6-9,19-22H,5,10-16H2,1-4H3,(H2,25,26,27);1H. The van der Waals surface area contributed by atoms with Crippen LogP contribution in [-0.4, -0.2) is 55.3 Å². The van der Waals surface area contributed by atoms with Crippen LogP contribution in [0.2, 0.25) is 0 Å². The Labute approximate surface area is 199 Å². The number of nitrogens with zero attached hydrogens (tertiary/aromatic N) is 2. The molecule has 4 rings (SSSR count). The third-order valence-electron chi connectivity index (χ3n) is 7.29. The maximum absolute atomic E-state index is 5.95. The Morgan fingerprint density at radius 3 is 2.60 bits per heavy atom. The maximum atomic E-state index is 5.95. The molecule has 3 unspecified atom stereocenters. The third-order valence-corrected chi connectivity index (χ3v) is 7.29. The molecule has 0 spiro atoms. The number of ether oxygens (including phenoxy) is 1. The van der Waals surface area contributed by atoms with Gasteiger partial charge in [-0.05, 0) is 44.2 Å². The largest absolute Gasteiger partial charge is 0.377 e. The average Bonchev–Trinajstić information content (AvgIpc) is 3.17. The van der Waals surface area contributed by atoms with E-state index in [-0.39, 0.29) is 29.4 Å². The molecule has 1 aliphatic carbocycles. The molecule has 168 valence electrons. The first-order valence-electron chi connectivity index (χ1n) is 11.4. The number of nitrogens with one attached hydrogen (secondary N) is 2. The molecular formula is C24H39IN4O. The first-order valence-corrected chi connectivity index (χ1v) is 11.4. The summed E-state index contributed by atoms with van der Waals surface area (Å²) in [6, 6.07) is 9.70. The van der Waals surface area contributed by atoms with Crippen LogP contribution in [-0.2, 0) is 11.3 Å². The van der Waals surface area contributed by atoms with E-state index in [0.29, 0.717) is 24.1 Å². The summed E-state index contributed by atoms with van der Waals surface area (Å²) >= 11 is 0. The van der Waals surface area contributed by atoms with Gasteiger partial charge in [0.2, 0.25) is 0 Å². The fourth-order valence-corrected chi connectivity index (χ4v) is 5.51. The molecule has 6 heteroatoms. The van der Waals surface area contributed by atoms with Crippen molar-refractivity contribution in [3.8, 4) is 0 Å². The number of halogens is 1. The number of hydrogen-bond acceptors (Lipinski definition) is 3. The second-order valence-corrected chi connectivity index (χ2v) is 9.63. The van der Waals surface area contributed by atoms with Crippen molar-refractivity contribution < 1.29 is 4.74 Å². The summed E-state index contributed by atoms with van der Waals surface area (Å²) in [7, 11) is 0. The Morgan fingerprint density at radius 2 is 1.90 bits per heavy atom. The molecular weight excluding hydrogens is 487 g/mol. The van der Waals surface area contributed by atoms with Crippen LogP contribution >= 0.6 is 24.0 Å². The van der Waals surface area contributed by atoms with Crippen molar-refractivity contribution >= 4 is 29.9 Å². The molecule has 3 atom stereocenters. The summed E-state index contributed by atoms with van der Waals surface area (Å²) in [6.07, 6.45) is 3.91. The minimum absolute atomic E-state index is 0. The van der Waals surface area contributed by atoms with Gasteiger partial charge in [-0.25, -0.2) is 0 Å². The van der Waals surface area contributed by atoms with Gasteiger partial charge in [0.15, 0.2) is 5.96 Å². The van der Waals surface area contributed by atoms with Crippen molar-refractivity contribution in [2.45, 2.75) is 71.7 Å². The van der Waals surface area contributed by atoms with E-state index in [1.54, 1.807) is 0 Å². The monoisotopic (exact) mass is 526 g/mol. The molecule has 1 aromatic rings. The van der Waals surface area contributed by atoms with Gasteiger partial charge in [0.1, 0.15) is 0 Å². The minimum atomic E-state index is 0. The molecule has 2 saturated heterocycles. The first kappa shape index (κ1) is 23.8. The van der Waals surface area contributed by atoms with Crippen molar-refractivity contribution in [1.29, 1.82) is 0 Å². The number of aryl methyl sites for hydroxylation is 1. The lowest BCUT2D eigenvalue weighted by atomic mass is 9.57. The van der Waals surface area contributed by atoms with E-state index in [4.69, 9.17) is 9.73 Å². The molecule has 1 aromatic carbocycles. The lowest BCUT2D eigenvalue weighted by molar-refractivity contribution is -0.106. The van der Waals surface area contributed by atoms with Crippen molar-refractivity contribution in [1.82, 2.24) is 15.5 Å². The molecule has 1 saturated carbocycles. The summed E-state index contributed by atoms with van der Waals surface area (Å²) in [4.78, 5) is 7.34. The smallest absolute Gasteiger partial charge is 0.191 e. The highest BCUT2D eigenvalue weighted by Crippen LogP contribution is 2.52. The maximum Gasteiger partial charge on any atom is 0.191 e. The van der Waals surface area contributed by atoms with Crippen molar-refractivity contribution in [2.24, 2.45) is 16.3 Å². The summed E-state index contributed by atoms with van der Waals surface area (Å²) in [5, 5.41) is 7.51. The van der Waals surface area contributed by atoms with E-state index in [0.717, 1.165) is 38.7 Å². The number of rotatable bonds is 5. The lowest BCUT2D eigenvalue weighted by Gasteiger charge is -2.55. The lowest BCUT2D eigenvalue weighted by Crippen LogP contribution is -2.68. The van der Waals surface area contributed by atoms with Crippen LogP contribution in [0, 0.1) is 18.3 Å². The van der Waals surface area contributed by atoms with Crippen molar-refractivity contribution in [3.05, 3.63) is 35.4 Å². The van der Waals surface area contributed by atoms with Crippen LogP contribution in [0.4, 0.5) is 0 Å². The zero-order valence-corrected chi connectivity index (χ0v) is 21.3. The average molecular weight is 527 g/mol. The van der Waals surface area contributed by atoms with Crippen LogP contribution in [0.15, 0.2) is 29.3 Å². The van der Waals surface area contributed by atoms with Crippen LogP contribution in [0.1, 0.15) is 51.2 Å². The van der Waals surface area contributed by atoms with Gasteiger partial charge in [0, 0.05) is 56.2 Å². The Hall–Kier alpha value is -0.860. The summed E-state index contributed by atoms with van der Waals surface area (Å²) in [5.74, 6) is 1.62. The van der Waals surface area contributed by atoms with Gasteiger partial charge in [-0.15, -0.1) is 24.0 Å². The second-order valence-electron chi connectivity index (χ2n) is 9.63. The fraction of sp³-hybridized carbons (Fsp3) is 0.708. The molecule has 5 nitrogen and oxygen atoms in total. The Morgan fingerprint density at radius 1 is 1.17 bits per heavy atom. The van der Waals surface area contributed by atoms with Gasteiger partial charge in [0.05, 0.1) is 6.10 Å². The SMILES string of the molecule is CCN=C(NC1CCN(Cc2ccccc2C)CC1)NC1C2CCOC2C1(C)C.I. The Balaban J connectivity index is 0.00000256. The number of fused-ring (bicyclic) bond motifs is 1. The van der Waals surface area contributed by atoms with Gasteiger partial charge in [-0.1, -0.05) is 38.1 Å². The molecule has 0 aromatic heterocycles. The highest BCUT2D eigenvalue weighted by Gasteiger charge is 2.59. The zero-order valence-electron chi connectivity index (χ0n) is 19.0. The van der Waals surface area contributed by atoms with Gasteiger partial charge in [0.25, 0.3) is 0 Å². The van der Waals surface area contributed by atoms with Crippen LogP contribution in [0.3, 0.4) is 0 Å². The van der Waals surface area contributed by atoms with Gasteiger partial charge in [-0.2, -0.15) is 0 Å². The van der Waals surface area contributed by atoms with Gasteiger partial charge in [-0.3, -0.25) is 9.89 Å². The minimum Gasteiger partial charge on any atom is -0.377 e. The molecule has 3 aliphatic rings. The van der Waals surface area contributed by atoms with E-state index in [1.165, 1.54) is 30.4 Å². The summed E-state index contributed by atoms with van der Waals surface area (Å²) in [6.45, 7) is 14.0. The fourth-order valence-electron chi connectivity index (χ4n) is 5.51. The van der Waals surface area contributed by atoms with Crippen LogP contribution < -0.4 is 10.6 Å². The Bertz CT molecular complexity index is 730. The van der Waals surface area contributed by atoms with Crippen molar-refractivity contribution in [2.75, 3.05) is 26.2 Å². The van der Waals surface area contributed by atoms with Gasteiger partial charge >= 0.3 is 0 Å². The van der Waals surface area contributed by atoms with E-state index in [9.17, 15) is 0 Å². The molecule has 3 fully saturated rings. The van der Waals surface area contributed by atoms with E-state index in [1.807, 2.05) is 0 Å².